The molecule has 2 rings (SSSR count). The topological polar surface area (TPSA) is 52.8 Å². The van der Waals surface area contributed by atoms with Crippen molar-refractivity contribution in [2.75, 3.05) is 13.7 Å². The Morgan fingerprint density at radius 2 is 2.32 bits per heavy atom. The van der Waals surface area contributed by atoms with Crippen molar-refractivity contribution in [1.82, 2.24) is 4.57 Å². The summed E-state index contributed by atoms with van der Waals surface area (Å²) in [5.41, 5.74) is 0.878. The summed E-state index contributed by atoms with van der Waals surface area (Å²) in [6.45, 7) is 2.06. The normalized spacial score (nSPS) is 11.4. The van der Waals surface area contributed by atoms with Crippen LogP contribution < -0.4 is 9.54 Å². The maximum atomic E-state index is 11.4. The Hall–Kier alpha value is -2.08. The summed E-state index contributed by atoms with van der Waals surface area (Å²) in [5, 5.41) is 1.86. The van der Waals surface area contributed by atoms with Crippen LogP contribution in [0.15, 0.2) is 40.8 Å². The molecule has 0 N–H and O–H groups in total. The van der Waals surface area contributed by atoms with E-state index >= 15 is 0 Å². The molecule has 0 saturated heterocycles. The number of methoxy groups -OCH3 is 1. The minimum atomic E-state index is -0.582. The number of benzene rings is 1. The van der Waals surface area contributed by atoms with Crippen LogP contribution in [0.2, 0.25) is 0 Å². The zero-order valence-electron chi connectivity index (χ0n) is 10.7. The van der Waals surface area contributed by atoms with Gasteiger partial charge in [0.15, 0.2) is 0 Å². The highest BCUT2D eigenvalue weighted by Crippen LogP contribution is 2.15. The van der Waals surface area contributed by atoms with E-state index in [0.717, 1.165) is 11.4 Å². The summed E-state index contributed by atoms with van der Waals surface area (Å²) >= 11 is 1.37. The summed E-state index contributed by atoms with van der Waals surface area (Å²) in [7, 11) is 1.61. The standard InChI is InChI=1S/C13H14N2O3S/c1-3-18-13(16)14-12-15(7-8-19-12)10-5-4-6-11(9-10)17-2/h4-9H,3H2,1-2H3. The van der Waals surface area contributed by atoms with Crippen LogP contribution >= 0.6 is 11.3 Å². The Bertz CT molecular complexity index is 631. The zero-order chi connectivity index (χ0) is 13.7. The van der Waals surface area contributed by atoms with E-state index in [9.17, 15) is 4.79 Å². The number of hydrogen-bond acceptors (Lipinski definition) is 4. The van der Waals surface area contributed by atoms with Crippen LogP contribution in [-0.2, 0) is 4.74 Å². The lowest BCUT2D eigenvalue weighted by atomic mass is 10.3. The van der Waals surface area contributed by atoms with E-state index in [1.807, 2.05) is 40.4 Å². The van der Waals surface area contributed by atoms with Gasteiger partial charge in [-0.25, -0.2) is 4.79 Å². The number of ether oxygens (including phenoxy) is 2. The largest absolute Gasteiger partial charge is 0.497 e. The van der Waals surface area contributed by atoms with E-state index in [-0.39, 0.29) is 0 Å². The average molecular weight is 278 g/mol. The molecule has 0 unspecified atom stereocenters. The maximum absolute atomic E-state index is 11.4. The summed E-state index contributed by atoms with van der Waals surface area (Å²) in [5.74, 6) is 0.748. The first-order valence-corrected chi connectivity index (χ1v) is 6.64. The van der Waals surface area contributed by atoms with Crippen molar-refractivity contribution >= 4 is 17.4 Å². The molecule has 100 valence electrons. The molecule has 1 heterocycles. The van der Waals surface area contributed by atoms with E-state index in [1.54, 1.807) is 14.0 Å². The van der Waals surface area contributed by atoms with E-state index in [4.69, 9.17) is 9.47 Å². The van der Waals surface area contributed by atoms with Crippen molar-refractivity contribution in [3.05, 3.63) is 40.6 Å². The van der Waals surface area contributed by atoms with Gasteiger partial charge in [-0.2, -0.15) is 0 Å². The maximum Gasteiger partial charge on any atom is 0.436 e. The van der Waals surface area contributed by atoms with Gasteiger partial charge in [0.05, 0.1) is 19.4 Å². The summed E-state index contributed by atoms with van der Waals surface area (Å²) < 4.78 is 11.8. The quantitative estimate of drug-likeness (QED) is 0.867. The Morgan fingerprint density at radius 1 is 1.47 bits per heavy atom. The van der Waals surface area contributed by atoms with Crippen LogP contribution in [0.4, 0.5) is 4.79 Å². The molecule has 6 heteroatoms. The molecular formula is C13H14N2O3S. The lowest BCUT2D eigenvalue weighted by molar-refractivity contribution is 0.162. The number of hydrogen-bond donors (Lipinski definition) is 0. The second-order valence-corrected chi connectivity index (χ2v) is 4.44. The average Bonchev–Trinajstić information content (AvgIpc) is 2.87. The van der Waals surface area contributed by atoms with Crippen LogP contribution in [0.1, 0.15) is 6.92 Å². The Labute approximate surface area is 114 Å². The zero-order valence-corrected chi connectivity index (χ0v) is 11.5. The molecule has 0 spiro atoms. The Morgan fingerprint density at radius 3 is 3.05 bits per heavy atom. The van der Waals surface area contributed by atoms with Crippen LogP contribution in [0.3, 0.4) is 0 Å². The molecule has 5 nitrogen and oxygen atoms in total. The smallest absolute Gasteiger partial charge is 0.436 e. The molecule has 0 aliphatic carbocycles. The minimum Gasteiger partial charge on any atom is -0.497 e. The number of carbonyl (C=O) groups is 1. The molecule has 1 amide bonds. The number of aromatic nitrogens is 1. The summed E-state index contributed by atoms with van der Waals surface area (Å²) in [6.07, 6.45) is 1.26. The third kappa shape index (κ3) is 3.23. The molecule has 0 radical (unpaired) electrons. The lowest BCUT2D eigenvalue weighted by Crippen LogP contribution is -2.15. The Kier molecular flexibility index (Phi) is 4.35. The fourth-order valence-corrected chi connectivity index (χ4v) is 2.25. The van der Waals surface area contributed by atoms with Crippen LogP contribution in [0.5, 0.6) is 5.75 Å². The molecule has 0 aliphatic rings. The highest BCUT2D eigenvalue weighted by Gasteiger charge is 2.03. The SMILES string of the molecule is CCOC(=O)N=c1sccn1-c1cccc(OC)c1. The monoisotopic (exact) mass is 278 g/mol. The molecule has 0 aliphatic heterocycles. The van der Waals surface area contributed by atoms with Gasteiger partial charge in [-0.05, 0) is 19.1 Å². The fraction of sp³-hybridized carbons (Fsp3) is 0.231. The van der Waals surface area contributed by atoms with E-state index in [2.05, 4.69) is 4.99 Å². The second kappa shape index (κ2) is 6.19. The van der Waals surface area contributed by atoms with Crippen molar-refractivity contribution in [3.63, 3.8) is 0 Å². The Balaban J connectivity index is 2.41. The molecule has 1 aromatic heterocycles. The molecule has 2 aromatic rings. The molecule has 1 aromatic carbocycles. The van der Waals surface area contributed by atoms with Gasteiger partial charge in [0.2, 0.25) is 4.80 Å². The van der Waals surface area contributed by atoms with Crippen molar-refractivity contribution in [2.45, 2.75) is 6.92 Å². The molecule has 0 saturated carbocycles. The van der Waals surface area contributed by atoms with Gasteiger partial charge in [0.1, 0.15) is 5.75 Å². The summed E-state index contributed by atoms with van der Waals surface area (Å²) in [6, 6.07) is 7.53. The second-order valence-electron chi connectivity index (χ2n) is 3.57. The summed E-state index contributed by atoms with van der Waals surface area (Å²) in [4.78, 5) is 15.9. The molecule has 0 bridgehead atoms. The van der Waals surface area contributed by atoms with Gasteiger partial charge in [-0.3, -0.25) is 4.57 Å². The molecule has 0 fully saturated rings. The van der Waals surface area contributed by atoms with Gasteiger partial charge in [0, 0.05) is 17.6 Å². The molecule has 19 heavy (non-hydrogen) atoms. The van der Waals surface area contributed by atoms with Crippen LogP contribution in [-0.4, -0.2) is 24.4 Å². The molecule has 0 atom stereocenters. The van der Waals surface area contributed by atoms with Crippen molar-refractivity contribution in [2.24, 2.45) is 4.99 Å². The highest BCUT2D eigenvalue weighted by atomic mass is 32.1. The first-order chi connectivity index (χ1) is 9.24. The number of thiazole rings is 1. The van der Waals surface area contributed by atoms with Gasteiger partial charge in [-0.15, -0.1) is 16.3 Å². The number of amides is 1. The van der Waals surface area contributed by atoms with Gasteiger partial charge < -0.3 is 9.47 Å². The third-order valence-corrected chi connectivity index (χ3v) is 3.13. The molecular weight excluding hydrogens is 264 g/mol. The van der Waals surface area contributed by atoms with E-state index in [0.29, 0.717) is 11.4 Å². The van der Waals surface area contributed by atoms with E-state index < -0.39 is 6.09 Å². The van der Waals surface area contributed by atoms with Crippen molar-refractivity contribution in [3.8, 4) is 11.4 Å². The van der Waals surface area contributed by atoms with Crippen LogP contribution in [0.25, 0.3) is 5.69 Å². The fourth-order valence-electron chi connectivity index (χ4n) is 1.54. The predicted molar refractivity (Wildman–Crippen MR) is 72.8 cm³/mol. The highest BCUT2D eigenvalue weighted by molar-refractivity contribution is 7.07. The third-order valence-electron chi connectivity index (χ3n) is 2.38. The lowest BCUT2D eigenvalue weighted by Gasteiger charge is -2.05. The van der Waals surface area contributed by atoms with E-state index in [1.165, 1.54) is 11.3 Å². The van der Waals surface area contributed by atoms with Gasteiger partial charge in [0.25, 0.3) is 0 Å². The van der Waals surface area contributed by atoms with Crippen LogP contribution in [0, 0.1) is 0 Å². The van der Waals surface area contributed by atoms with Gasteiger partial charge in [-0.1, -0.05) is 6.07 Å². The van der Waals surface area contributed by atoms with Crippen molar-refractivity contribution < 1.29 is 14.3 Å². The number of nitrogens with zero attached hydrogens (tertiary/aromatic N) is 2. The first-order valence-electron chi connectivity index (χ1n) is 5.76. The van der Waals surface area contributed by atoms with Crippen molar-refractivity contribution in [1.29, 1.82) is 0 Å². The number of rotatable bonds is 3. The number of carbonyl (C=O) groups excluding carboxylic acids is 1. The first kappa shape index (κ1) is 13.4. The van der Waals surface area contributed by atoms with Gasteiger partial charge >= 0.3 is 6.09 Å². The predicted octanol–water partition coefficient (Wildman–Crippen LogP) is 2.60. The minimum absolute atomic E-state index is 0.312.